The molecule has 5 rings (SSSR count). The van der Waals surface area contributed by atoms with Crippen LogP contribution in [-0.2, 0) is 24.2 Å². The van der Waals surface area contributed by atoms with Crippen molar-refractivity contribution in [3.63, 3.8) is 0 Å². The number of rotatable bonds is 6. The summed E-state index contributed by atoms with van der Waals surface area (Å²) in [5.41, 5.74) is 4.29. The van der Waals surface area contributed by atoms with E-state index in [9.17, 15) is 4.79 Å². The summed E-state index contributed by atoms with van der Waals surface area (Å²) in [7, 11) is 0. The molecule has 1 N–H and O–H groups in total. The van der Waals surface area contributed by atoms with Crippen molar-refractivity contribution in [1.82, 2.24) is 14.5 Å². The highest BCUT2D eigenvalue weighted by molar-refractivity contribution is 7.18. The summed E-state index contributed by atoms with van der Waals surface area (Å²) in [5, 5.41) is 4.10. The summed E-state index contributed by atoms with van der Waals surface area (Å²) in [6, 6.07) is 16.2. The third-order valence-corrected chi connectivity index (χ3v) is 6.66. The summed E-state index contributed by atoms with van der Waals surface area (Å²) in [6.07, 6.45) is 7.68. The number of thiazole rings is 1. The van der Waals surface area contributed by atoms with Gasteiger partial charge in [-0.05, 0) is 68.5 Å². The Hall–Kier alpha value is -2.99. The second-order valence-electron chi connectivity index (χ2n) is 7.74. The molecule has 4 aromatic rings. The lowest BCUT2D eigenvalue weighted by atomic mass is 10.1. The van der Waals surface area contributed by atoms with Crippen molar-refractivity contribution in [3.05, 3.63) is 65.4 Å². The van der Waals surface area contributed by atoms with Crippen molar-refractivity contribution in [2.75, 3.05) is 5.32 Å². The summed E-state index contributed by atoms with van der Waals surface area (Å²) in [6.45, 7) is 1.04. The van der Waals surface area contributed by atoms with Gasteiger partial charge >= 0.3 is 0 Å². The van der Waals surface area contributed by atoms with Crippen LogP contribution in [-0.4, -0.2) is 20.4 Å². The molecular formula is C24H24N4OS. The SMILES string of the molecule is O=C(CCCc1nc2ccccc2s1)Nc1ccc(-c2ncc3n2CCCC3)cc1. The minimum Gasteiger partial charge on any atom is -0.328 e. The number of nitrogens with one attached hydrogen (secondary N) is 1. The van der Waals surface area contributed by atoms with Gasteiger partial charge in [-0.2, -0.15) is 0 Å². The fourth-order valence-electron chi connectivity index (χ4n) is 4.02. The molecular weight excluding hydrogens is 392 g/mol. The zero-order chi connectivity index (χ0) is 20.3. The van der Waals surface area contributed by atoms with Crippen LogP contribution in [0.3, 0.4) is 0 Å². The maximum absolute atomic E-state index is 12.3. The van der Waals surface area contributed by atoms with Crippen LogP contribution >= 0.6 is 11.3 Å². The molecule has 0 bridgehead atoms. The summed E-state index contributed by atoms with van der Waals surface area (Å²) < 4.78 is 3.52. The van der Waals surface area contributed by atoms with Crippen LogP contribution in [0.1, 0.15) is 36.4 Å². The van der Waals surface area contributed by atoms with Gasteiger partial charge in [-0.25, -0.2) is 9.97 Å². The number of aryl methyl sites for hydroxylation is 2. The van der Waals surface area contributed by atoms with Gasteiger partial charge in [0.2, 0.25) is 5.91 Å². The molecule has 0 saturated carbocycles. The number of hydrogen-bond donors (Lipinski definition) is 1. The standard InChI is InChI=1S/C24H24N4OS/c29-22(9-5-10-23-27-20-7-1-2-8-21(20)30-23)26-18-13-11-17(12-14-18)24-25-16-19-6-3-4-15-28(19)24/h1-2,7-8,11-14,16H,3-6,9-10,15H2,(H,26,29). The first-order valence-corrected chi connectivity index (χ1v) is 11.4. The van der Waals surface area contributed by atoms with Gasteiger partial charge in [0.15, 0.2) is 0 Å². The van der Waals surface area contributed by atoms with Crippen LogP contribution < -0.4 is 5.32 Å². The molecule has 0 fully saturated rings. The molecule has 0 saturated heterocycles. The molecule has 0 atom stereocenters. The van der Waals surface area contributed by atoms with Crippen molar-refractivity contribution in [3.8, 4) is 11.4 Å². The number of para-hydroxylation sites is 1. The van der Waals surface area contributed by atoms with Gasteiger partial charge in [-0.15, -0.1) is 11.3 Å². The molecule has 3 heterocycles. The maximum Gasteiger partial charge on any atom is 0.224 e. The number of amides is 1. The van der Waals surface area contributed by atoms with Crippen molar-refractivity contribution < 1.29 is 4.79 Å². The van der Waals surface area contributed by atoms with E-state index < -0.39 is 0 Å². The zero-order valence-corrected chi connectivity index (χ0v) is 17.6. The molecule has 152 valence electrons. The van der Waals surface area contributed by atoms with Gasteiger partial charge in [0, 0.05) is 36.1 Å². The lowest BCUT2D eigenvalue weighted by Gasteiger charge is -2.16. The highest BCUT2D eigenvalue weighted by Gasteiger charge is 2.15. The van der Waals surface area contributed by atoms with Gasteiger partial charge in [-0.3, -0.25) is 4.79 Å². The van der Waals surface area contributed by atoms with E-state index in [1.54, 1.807) is 11.3 Å². The average Bonchev–Trinajstić information content (AvgIpc) is 3.38. The quantitative estimate of drug-likeness (QED) is 0.454. The van der Waals surface area contributed by atoms with E-state index in [2.05, 4.69) is 25.9 Å². The lowest BCUT2D eigenvalue weighted by Crippen LogP contribution is -2.12. The second-order valence-corrected chi connectivity index (χ2v) is 8.85. The lowest BCUT2D eigenvalue weighted by molar-refractivity contribution is -0.116. The second kappa shape index (κ2) is 8.40. The number of anilines is 1. The normalized spacial score (nSPS) is 13.3. The Morgan fingerprint density at radius 3 is 2.83 bits per heavy atom. The third-order valence-electron chi connectivity index (χ3n) is 5.56. The molecule has 0 unspecified atom stereocenters. The van der Waals surface area contributed by atoms with Gasteiger partial charge in [-0.1, -0.05) is 12.1 Å². The Balaban J connectivity index is 1.16. The average molecular weight is 417 g/mol. The van der Waals surface area contributed by atoms with Crippen molar-refractivity contribution in [1.29, 1.82) is 0 Å². The first kappa shape index (κ1) is 19.0. The highest BCUT2D eigenvalue weighted by Crippen LogP contribution is 2.26. The molecule has 0 radical (unpaired) electrons. The van der Waals surface area contributed by atoms with Crippen LogP contribution in [0.4, 0.5) is 5.69 Å². The Labute approximate surface area is 179 Å². The van der Waals surface area contributed by atoms with E-state index in [1.807, 2.05) is 48.7 Å². The van der Waals surface area contributed by atoms with E-state index in [0.29, 0.717) is 6.42 Å². The number of fused-ring (bicyclic) bond motifs is 2. The van der Waals surface area contributed by atoms with E-state index in [0.717, 1.165) is 53.4 Å². The van der Waals surface area contributed by atoms with Gasteiger partial charge < -0.3 is 9.88 Å². The molecule has 1 aliphatic rings. The number of imidazole rings is 1. The Bertz CT molecular complexity index is 1140. The highest BCUT2D eigenvalue weighted by atomic mass is 32.1. The van der Waals surface area contributed by atoms with Crippen LogP contribution in [0.5, 0.6) is 0 Å². The number of nitrogens with zero attached hydrogens (tertiary/aromatic N) is 3. The zero-order valence-electron chi connectivity index (χ0n) is 16.8. The maximum atomic E-state index is 12.3. The molecule has 1 aliphatic heterocycles. The number of aromatic nitrogens is 3. The van der Waals surface area contributed by atoms with Crippen LogP contribution in [0, 0.1) is 0 Å². The van der Waals surface area contributed by atoms with Crippen LogP contribution in [0.15, 0.2) is 54.7 Å². The minimum absolute atomic E-state index is 0.0436. The first-order chi connectivity index (χ1) is 14.8. The van der Waals surface area contributed by atoms with Crippen LogP contribution in [0.25, 0.3) is 21.6 Å². The molecule has 5 nitrogen and oxygen atoms in total. The summed E-state index contributed by atoms with van der Waals surface area (Å²) >= 11 is 1.71. The Morgan fingerprint density at radius 2 is 1.97 bits per heavy atom. The van der Waals surface area contributed by atoms with Gasteiger partial charge in [0.25, 0.3) is 0 Å². The van der Waals surface area contributed by atoms with Crippen molar-refractivity contribution in [2.45, 2.75) is 45.1 Å². The Kier molecular flexibility index (Phi) is 5.32. The third kappa shape index (κ3) is 4.00. The summed E-state index contributed by atoms with van der Waals surface area (Å²) in [5.74, 6) is 1.07. The fourth-order valence-corrected chi connectivity index (χ4v) is 5.03. The fraction of sp³-hybridized carbons (Fsp3) is 0.292. The predicted molar refractivity (Wildman–Crippen MR) is 122 cm³/mol. The number of carbonyl (C=O) groups excluding carboxylic acids is 1. The monoisotopic (exact) mass is 416 g/mol. The number of hydrogen-bond acceptors (Lipinski definition) is 4. The first-order valence-electron chi connectivity index (χ1n) is 10.6. The van der Waals surface area contributed by atoms with E-state index in [-0.39, 0.29) is 5.91 Å². The van der Waals surface area contributed by atoms with E-state index in [4.69, 9.17) is 0 Å². The molecule has 6 heteroatoms. The molecule has 0 aliphatic carbocycles. The molecule has 2 aromatic heterocycles. The van der Waals surface area contributed by atoms with Crippen molar-refractivity contribution in [2.24, 2.45) is 0 Å². The molecule has 2 aromatic carbocycles. The smallest absolute Gasteiger partial charge is 0.224 e. The Morgan fingerprint density at radius 1 is 1.10 bits per heavy atom. The van der Waals surface area contributed by atoms with Gasteiger partial charge in [0.1, 0.15) is 5.82 Å². The van der Waals surface area contributed by atoms with Crippen LogP contribution in [0.2, 0.25) is 0 Å². The number of benzene rings is 2. The summed E-state index contributed by atoms with van der Waals surface area (Å²) in [4.78, 5) is 21.6. The molecule has 0 spiro atoms. The number of carbonyl (C=O) groups is 1. The van der Waals surface area contributed by atoms with Crippen molar-refractivity contribution >= 4 is 33.1 Å². The van der Waals surface area contributed by atoms with E-state index in [1.165, 1.54) is 23.2 Å². The van der Waals surface area contributed by atoms with E-state index >= 15 is 0 Å². The predicted octanol–water partition coefficient (Wildman–Crippen LogP) is 5.46. The molecule has 1 amide bonds. The van der Waals surface area contributed by atoms with Gasteiger partial charge in [0.05, 0.1) is 15.2 Å². The topological polar surface area (TPSA) is 59.8 Å². The molecule has 30 heavy (non-hydrogen) atoms. The minimum atomic E-state index is 0.0436. The largest absolute Gasteiger partial charge is 0.328 e.